The maximum absolute atomic E-state index is 13.8. The minimum Gasteiger partial charge on any atom is -0.343 e. The standard InChI is InChI=1S/C15H19F3N2O2/c1-4-19(5-2)13(22)8-9-20(10(3)21)12-7-6-11(16)14(17)15(12)18/h6-7H,4-5,8-9H2,1-3H3. The summed E-state index contributed by atoms with van der Waals surface area (Å²) >= 11 is 0. The lowest BCUT2D eigenvalue weighted by Crippen LogP contribution is -2.36. The van der Waals surface area contributed by atoms with Crippen molar-refractivity contribution in [2.45, 2.75) is 27.2 Å². The molecule has 0 aliphatic rings. The fraction of sp³-hybridized carbons (Fsp3) is 0.467. The van der Waals surface area contributed by atoms with Gasteiger partial charge in [-0.3, -0.25) is 9.59 Å². The summed E-state index contributed by atoms with van der Waals surface area (Å²) in [6, 6.07) is 1.73. The van der Waals surface area contributed by atoms with Crippen molar-refractivity contribution in [3.63, 3.8) is 0 Å². The molecule has 22 heavy (non-hydrogen) atoms. The second-order valence-electron chi connectivity index (χ2n) is 4.68. The highest BCUT2D eigenvalue weighted by Gasteiger charge is 2.22. The zero-order valence-electron chi connectivity index (χ0n) is 12.8. The molecule has 0 N–H and O–H groups in total. The zero-order valence-corrected chi connectivity index (χ0v) is 12.8. The molecule has 122 valence electrons. The van der Waals surface area contributed by atoms with Gasteiger partial charge in [0.05, 0.1) is 5.69 Å². The highest BCUT2D eigenvalue weighted by molar-refractivity contribution is 5.92. The highest BCUT2D eigenvalue weighted by Crippen LogP contribution is 2.24. The first-order valence-electron chi connectivity index (χ1n) is 7.02. The monoisotopic (exact) mass is 316 g/mol. The van der Waals surface area contributed by atoms with Crippen LogP contribution in [-0.4, -0.2) is 36.3 Å². The molecule has 2 amide bonds. The van der Waals surface area contributed by atoms with Crippen LogP contribution in [0.25, 0.3) is 0 Å². The lowest BCUT2D eigenvalue weighted by molar-refractivity contribution is -0.130. The summed E-state index contributed by atoms with van der Waals surface area (Å²) in [4.78, 5) is 26.1. The molecule has 4 nitrogen and oxygen atoms in total. The van der Waals surface area contributed by atoms with Crippen molar-refractivity contribution in [2.24, 2.45) is 0 Å². The van der Waals surface area contributed by atoms with Gasteiger partial charge < -0.3 is 9.80 Å². The topological polar surface area (TPSA) is 40.6 Å². The summed E-state index contributed by atoms with van der Waals surface area (Å²) in [5, 5.41) is 0. The number of halogens is 3. The van der Waals surface area contributed by atoms with Gasteiger partial charge in [-0.2, -0.15) is 0 Å². The lowest BCUT2D eigenvalue weighted by atomic mass is 10.2. The van der Waals surface area contributed by atoms with Gasteiger partial charge in [0.1, 0.15) is 0 Å². The molecule has 0 aromatic heterocycles. The van der Waals surface area contributed by atoms with E-state index in [9.17, 15) is 22.8 Å². The van der Waals surface area contributed by atoms with Crippen LogP contribution >= 0.6 is 0 Å². The number of carbonyl (C=O) groups is 2. The molecule has 1 aromatic rings. The van der Waals surface area contributed by atoms with Gasteiger partial charge in [0.25, 0.3) is 0 Å². The number of nitrogens with zero attached hydrogens (tertiary/aromatic N) is 2. The van der Waals surface area contributed by atoms with Crippen LogP contribution in [0.5, 0.6) is 0 Å². The zero-order chi connectivity index (χ0) is 16.9. The molecule has 0 saturated carbocycles. The van der Waals surface area contributed by atoms with Crippen LogP contribution in [0, 0.1) is 17.5 Å². The average molecular weight is 316 g/mol. The second-order valence-corrected chi connectivity index (χ2v) is 4.68. The van der Waals surface area contributed by atoms with Crippen LogP contribution in [0.1, 0.15) is 27.2 Å². The van der Waals surface area contributed by atoms with E-state index in [1.54, 1.807) is 4.90 Å². The maximum atomic E-state index is 13.8. The third-order valence-corrected chi connectivity index (χ3v) is 3.35. The lowest BCUT2D eigenvalue weighted by Gasteiger charge is -2.24. The van der Waals surface area contributed by atoms with E-state index in [0.29, 0.717) is 13.1 Å². The average Bonchev–Trinajstić information content (AvgIpc) is 2.48. The Morgan fingerprint density at radius 1 is 1.05 bits per heavy atom. The summed E-state index contributed by atoms with van der Waals surface area (Å²) in [6.07, 6.45) is -0.0281. The molecule has 0 radical (unpaired) electrons. The number of rotatable bonds is 6. The van der Waals surface area contributed by atoms with Crippen molar-refractivity contribution < 1.29 is 22.8 Å². The number of hydrogen-bond donors (Lipinski definition) is 0. The normalized spacial score (nSPS) is 10.5. The van der Waals surface area contributed by atoms with Gasteiger partial charge in [0.15, 0.2) is 17.5 Å². The van der Waals surface area contributed by atoms with E-state index in [1.807, 2.05) is 13.8 Å². The van der Waals surface area contributed by atoms with Crippen molar-refractivity contribution in [3.05, 3.63) is 29.6 Å². The van der Waals surface area contributed by atoms with E-state index in [1.165, 1.54) is 6.92 Å². The van der Waals surface area contributed by atoms with Gasteiger partial charge >= 0.3 is 0 Å². The van der Waals surface area contributed by atoms with Gasteiger partial charge in [-0.05, 0) is 26.0 Å². The number of hydrogen-bond acceptors (Lipinski definition) is 2. The fourth-order valence-corrected chi connectivity index (χ4v) is 2.11. The molecule has 0 fully saturated rings. The molecule has 0 aliphatic carbocycles. The molecular weight excluding hydrogens is 297 g/mol. The Kier molecular flexibility index (Phi) is 6.39. The third-order valence-electron chi connectivity index (χ3n) is 3.35. The molecule has 0 unspecified atom stereocenters. The number of anilines is 1. The van der Waals surface area contributed by atoms with E-state index in [0.717, 1.165) is 17.0 Å². The summed E-state index contributed by atoms with van der Waals surface area (Å²) in [5.74, 6) is -5.16. The van der Waals surface area contributed by atoms with Crippen LogP contribution in [0.4, 0.5) is 18.9 Å². The van der Waals surface area contributed by atoms with Crippen molar-refractivity contribution in [1.29, 1.82) is 0 Å². The van der Waals surface area contributed by atoms with Gasteiger partial charge in [-0.1, -0.05) is 0 Å². The van der Waals surface area contributed by atoms with Crippen molar-refractivity contribution in [2.75, 3.05) is 24.5 Å². The van der Waals surface area contributed by atoms with Crippen molar-refractivity contribution in [3.8, 4) is 0 Å². The quantitative estimate of drug-likeness (QED) is 0.757. The second kappa shape index (κ2) is 7.82. The van der Waals surface area contributed by atoms with E-state index < -0.39 is 23.4 Å². The third kappa shape index (κ3) is 3.99. The van der Waals surface area contributed by atoms with Crippen LogP contribution in [-0.2, 0) is 9.59 Å². The molecule has 0 bridgehead atoms. The Labute approximate surface area is 127 Å². The maximum Gasteiger partial charge on any atom is 0.224 e. The number of carbonyl (C=O) groups excluding carboxylic acids is 2. The molecule has 1 aromatic carbocycles. The van der Waals surface area contributed by atoms with Crippen LogP contribution in [0.2, 0.25) is 0 Å². The SMILES string of the molecule is CCN(CC)C(=O)CCN(C(C)=O)c1ccc(F)c(F)c1F. The van der Waals surface area contributed by atoms with Gasteiger partial charge in [-0.15, -0.1) is 0 Å². The van der Waals surface area contributed by atoms with E-state index >= 15 is 0 Å². The Hall–Kier alpha value is -2.05. The van der Waals surface area contributed by atoms with Crippen molar-refractivity contribution in [1.82, 2.24) is 4.90 Å². The molecule has 1 rings (SSSR count). The van der Waals surface area contributed by atoms with Crippen LogP contribution in [0.15, 0.2) is 12.1 Å². The highest BCUT2D eigenvalue weighted by atomic mass is 19.2. The molecule has 0 heterocycles. The van der Waals surface area contributed by atoms with Gasteiger partial charge in [0.2, 0.25) is 11.8 Å². The van der Waals surface area contributed by atoms with Gasteiger partial charge in [0, 0.05) is 33.0 Å². The fourth-order valence-electron chi connectivity index (χ4n) is 2.11. The molecular formula is C15H19F3N2O2. The van der Waals surface area contributed by atoms with Crippen LogP contribution in [0.3, 0.4) is 0 Å². The molecule has 0 saturated heterocycles. The van der Waals surface area contributed by atoms with E-state index in [2.05, 4.69) is 0 Å². The summed E-state index contributed by atoms with van der Waals surface area (Å²) in [6.45, 7) is 5.75. The first kappa shape index (κ1) is 18.0. The minimum atomic E-state index is -1.64. The summed E-state index contributed by atoms with van der Waals surface area (Å²) < 4.78 is 40.0. The largest absolute Gasteiger partial charge is 0.343 e. The first-order chi connectivity index (χ1) is 10.3. The smallest absolute Gasteiger partial charge is 0.224 e. The molecule has 7 heteroatoms. The Morgan fingerprint density at radius 2 is 1.64 bits per heavy atom. The van der Waals surface area contributed by atoms with Crippen molar-refractivity contribution >= 4 is 17.5 Å². The number of amides is 2. The number of benzene rings is 1. The molecule has 0 aliphatic heterocycles. The predicted molar refractivity (Wildman–Crippen MR) is 76.9 cm³/mol. The Balaban J connectivity index is 2.95. The predicted octanol–water partition coefficient (Wildman–Crippen LogP) is 2.72. The molecule has 0 atom stereocenters. The summed E-state index contributed by atoms with van der Waals surface area (Å²) in [5.41, 5.74) is -0.376. The van der Waals surface area contributed by atoms with E-state index in [4.69, 9.17) is 0 Å². The Morgan fingerprint density at radius 3 is 2.14 bits per heavy atom. The van der Waals surface area contributed by atoms with E-state index in [-0.39, 0.29) is 24.6 Å². The Bertz CT molecular complexity index is 560. The first-order valence-corrected chi connectivity index (χ1v) is 7.02. The van der Waals surface area contributed by atoms with Gasteiger partial charge in [-0.25, -0.2) is 13.2 Å². The van der Waals surface area contributed by atoms with Crippen LogP contribution < -0.4 is 4.90 Å². The molecule has 0 spiro atoms. The summed E-state index contributed by atoms with van der Waals surface area (Å²) in [7, 11) is 0. The minimum absolute atomic E-state index is 0.0281.